The minimum atomic E-state index is -1.48. The summed E-state index contributed by atoms with van der Waals surface area (Å²) in [5.74, 6) is 0.797. The first kappa shape index (κ1) is 22.1. The molecule has 4 N–H and O–H groups in total. The number of aliphatic hydroxyl groups is 3. The van der Waals surface area contributed by atoms with E-state index in [2.05, 4.69) is 0 Å². The smallest absolute Gasteiger partial charge is 0.195 e. The molecule has 2 aromatic carbocycles. The zero-order chi connectivity index (χ0) is 22.3. The Hall–Kier alpha value is -2.14. The van der Waals surface area contributed by atoms with Gasteiger partial charge in [-0.15, -0.1) is 0 Å². The van der Waals surface area contributed by atoms with Crippen LogP contribution in [0.15, 0.2) is 18.2 Å². The van der Waals surface area contributed by atoms with Gasteiger partial charge in [0, 0.05) is 18.7 Å². The van der Waals surface area contributed by atoms with E-state index >= 15 is 0 Å². The van der Waals surface area contributed by atoms with Gasteiger partial charge in [0.15, 0.2) is 12.4 Å². The molecular formula is C22H28O9. The van der Waals surface area contributed by atoms with E-state index in [-0.39, 0.29) is 11.9 Å². The number of hydrogen-bond donors (Lipinski definition) is 4. The Labute approximate surface area is 179 Å². The van der Waals surface area contributed by atoms with E-state index < -0.39 is 37.3 Å². The van der Waals surface area contributed by atoms with Crippen molar-refractivity contribution in [3.8, 4) is 17.2 Å². The summed E-state index contributed by atoms with van der Waals surface area (Å²) in [6.45, 7) is 1.87. The van der Waals surface area contributed by atoms with Gasteiger partial charge >= 0.3 is 0 Å². The lowest BCUT2D eigenvalue weighted by atomic mass is 9.93. The molecule has 2 aliphatic rings. The summed E-state index contributed by atoms with van der Waals surface area (Å²) >= 11 is 0. The minimum Gasteiger partial charge on any atom is -0.507 e. The van der Waals surface area contributed by atoms with Gasteiger partial charge in [0.25, 0.3) is 0 Å². The van der Waals surface area contributed by atoms with Crippen LogP contribution >= 0.6 is 0 Å². The van der Waals surface area contributed by atoms with Crippen LogP contribution in [0.5, 0.6) is 17.2 Å². The lowest BCUT2D eigenvalue weighted by molar-refractivity contribution is -0.284. The third kappa shape index (κ3) is 3.93. The molecule has 0 aromatic heterocycles. The van der Waals surface area contributed by atoms with Gasteiger partial charge in [-0.1, -0.05) is 6.07 Å². The first-order chi connectivity index (χ1) is 14.9. The highest BCUT2D eigenvalue weighted by Gasteiger charge is 2.46. The molecule has 0 aliphatic carbocycles. The van der Waals surface area contributed by atoms with Crippen LogP contribution in [0.25, 0.3) is 10.8 Å². The van der Waals surface area contributed by atoms with E-state index in [1.165, 1.54) is 14.2 Å². The molecule has 4 rings (SSSR count). The number of phenolic OH excluding ortho intramolecular Hbond substituents is 1. The number of methoxy groups -OCH3 is 2. The highest BCUT2D eigenvalue weighted by molar-refractivity contribution is 5.96. The van der Waals surface area contributed by atoms with E-state index in [1.807, 2.05) is 13.0 Å². The van der Waals surface area contributed by atoms with Crippen LogP contribution in [0.3, 0.4) is 0 Å². The summed E-state index contributed by atoms with van der Waals surface area (Å²) in [6.07, 6.45) is -4.93. The highest BCUT2D eigenvalue weighted by atomic mass is 16.7. The van der Waals surface area contributed by atoms with Gasteiger partial charge in [-0.25, -0.2) is 0 Å². The van der Waals surface area contributed by atoms with E-state index in [9.17, 15) is 20.4 Å². The van der Waals surface area contributed by atoms with Crippen LogP contribution in [-0.4, -0.2) is 78.1 Å². The number of ether oxygens (including phenoxy) is 5. The second kappa shape index (κ2) is 8.78. The molecule has 0 amide bonds. The fourth-order valence-corrected chi connectivity index (χ4v) is 4.35. The van der Waals surface area contributed by atoms with Gasteiger partial charge < -0.3 is 44.1 Å². The predicted molar refractivity (Wildman–Crippen MR) is 109 cm³/mol. The van der Waals surface area contributed by atoms with Crippen molar-refractivity contribution in [3.05, 3.63) is 29.3 Å². The predicted octanol–water partition coefficient (Wildman–Crippen LogP) is 0.848. The Morgan fingerprint density at radius 2 is 1.90 bits per heavy atom. The van der Waals surface area contributed by atoms with Crippen molar-refractivity contribution < 1.29 is 44.1 Å². The van der Waals surface area contributed by atoms with Crippen molar-refractivity contribution in [2.45, 2.75) is 56.8 Å². The first-order valence-electron chi connectivity index (χ1n) is 10.2. The van der Waals surface area contributed by atoms with Crippen molar-refractivity contribution in [2.24, 2.45) is 0 Å². The minimum absolute atomic E-state index is 0.0424. The second-order valence-corrected chi connectivity index (χ2v) is 7.93. The Morgan fingerprint density at radius 3 is 2.58 bits per heavy atom. The molecule has 0 bridgehead atoms. The Balaban J connectivity index is 1.71. The molecule has 9 heteroatoms. The summed E-state index contributed by atoms with van der Waals surface area (Å²) in [5.41, 5.74) is 1.72. The molecule has 2 aromatic rings. The van der Waals surface area contributed by atoms with Crippen molar-refractivity contribution in [2.75, 3.05) is 20.8 Å². The van der Waals surface area contributed by atoms with Crippen molar-refractivity contribution >= 4 is 10.8 Å². The quantitative estimate of drug-likeness (QED) is 0.539. The Morgan fingerprint density at radius 1 is 1.13 bits per heavy atom. The maximum atomic E-state index is 10.9. The maximum absolute atomic E-state index is 10.9. The van der Waals surface area contributed by atoms with E-state index in [0.29, 0.717) is 35.3 Å². The van der Waals surface area contributed by atoms with Crippen LogP contribution in [-0.2, 0) is 27.2 Å². The molecule has 0 radical (unpaired) electrons. The monoisotopic (exact) mass is 436 g/mol. The number of hydrogen-bond acceptors (Lipinski definition) is 9. The van der Waals surface area contributed by atoms with Gasteiger partial charge in [0.2, 0.25) is 0 Å². The third-order valence-electron chi connectivity index (χ3n) is 5.94. The zero-order valence-corrected chi connectivity index (χ0v) is 17.6. The number of rotatable bonds is 5. The molecule has 31 heavy (non-hydrogen) atoms. The van der Waals surface area contributed by atoms with Gasteiger partial charge in [0.1, 0.15) is 35.6 Å². The molecule has 2 heterocycles. The lowest BCUT2D eigenvalue weighted by Gasteiger charge is -2.41. The molecular weight excluding hydrogens is 408 g/mol. The molecule has 9 nitrogen and oxygen atoms in total. The van der Waals surface area contributed by atoms with E-state index in [0.717, 1.165) is 11.1 Å². The number of aromatic hydroxyl groups is 1. The van der Waals surface area contributed by atoms with Gasteiger partial charge in [-0.2, -0.15) is 0 Å². The number of phenols is 1. The summed E-state index contributed by atoms with van der Waals surface area (Å²) in [7, 11) is 2.86. The van der Waals surface area contributed by atoms with Gasteiger partial charge in [-0.3, -0.25) is 0 Å². The normalized spacial score (nSPS) is 30.8. The summed E-state index contributed by atoms with van der Waals surface area (Å²) in [6, 6.07) is 5.24. The molecule has 6 unspecified atom stereocenters. The van der Waals surface area contributed by atoms with Gasteiger partial charge in [0.05, 0.1) is 31.8 Å². The summed E-state index contributed by atoms with van der Waals surface area (Å²) in [5, 5.41) is 42.5. The van der Waals surface area contributed by atoms with Crippen LogP contribution in [0, 0.1) is 0 Å². The zero-order valence-electron chi connectivity index (χ0n) is 17.6. The number of fused-ring (bicyclic) bond motifs is 2. The Bertz CT molecular complexity index is 946. The summed E-state index contributed by atoms with van der Waals surface area (Å²) in [4.78, 5) is 0. The summed E-state index contributed by atoms with van der Waals surface area (Å²) < 4.78 is 27.6. The van der Waals surface area contributed by atoms with Crippen LogP contribution in [0.2, 0.25) is 0 Å². The van der Waals surface area contributed by atoms with Crippen LogP contribution in [0.1, 0.15) is 18.1 Å². The average molecular weight is 436 g/mol. The SMILES string of the molecule is COc1cc(OC2C(O)OC(CO)C(OC)C2O)cc2cc3c(c(O)c12)COC(C)C3. The van der Waals surface area contributed by atoms with Crippen molar-refractivity contribution in [3.63, 3.8) is 0 Å². The van der Waals surface area contributed by atoms with Crippen LogP contribution in [0.4, 0.5) is 0 Å². The standard InChI is InChI=1S/C22H28O9/c1-10-4-11-5-12-6-13(7-15(27-2)17(12)18(24)14(11)9-29-10)30-21-19(25)20(28-3)16(8-23)31-22(21)26/h5-7,10,16,19-26H,4,8-9H2,1-3H3. The number of benzene rings is 2. The molecule has 0 saturated carbocycles. The van der Waals surface area contributed by atoms with Crippen LogP contribution < -0.4 is 9.47 Å². The molecule has 0 spiro atoms. The Kier molecular flexibility index (Phi) is 6.25. The molecule has 170 valence electrons. The number of aliphatic hydroxyl groups excluding tert-OH is 3. The van der Waals surface area contributed by atoms with Crippen molar-refractivity contribution in [1.82, 2.24) is 0 Å². The highest BCUT2D eigenvalue weighted by Crippen LogP contribution is 2.43. The maximum Gasteiger partial charge on any atom is 0.195 e. The lowest BCUT2D eigenvalue weighted by Crippen LogP contribution is -2.61. The fourth-order valence-electron chi connectivity index (χ4n) is 4.35. The molecule has 6 atom stereocenters. The second-order valence-electron chi connectivity index (χ2n) is 7.93. The topological polar surface area (TPSA) is 127 Å². The van der Waals surface area contributed by atoms with Crippen molar-refractivity contribution in [1.29, 1.82) is 0 Å². The molecule has 1 fully saturated rings. The van der Waals surface area contributed by atoms with E-state index in [4.69, 9.17) is 23.7 Å². The average Bonchev–Trinajstić information content (AvgIpc) is 2.75. The van der Waals surface area contributed by atoms with E-state index in [1.54, 1.807) is 12.1 Å². The third-order valence-corrected chi connectivity index (χ3v) is 5.94. The van der Waals surface area contributed by atoms with Gasteiger partial charge in [-0.05, 0) is 30.4 Å². The molecule has 1 saturated heterocycles. The largest absolute Gasteiger partial charge is 0.507 e. The first-order valence-corrected chi connectivity index (χ1v) is 10.2. The fraction of sp³-hybridized carbons (Fsp3) is 0.545. The molecule has 2 aliphatic heterocycles.